The number of alkyl halides is 2. The van der Waals surface area contributed by atoms with Gasteiger partial charge in [0.15, 0.2) is 0 Å². The lowest BCUT2D eigenvalue weighted by Gasteiger charge is -2.15. The molecule has 0 saturated heterocycles. The van der Waals surface area contributed by atoms with E-state index < -0.39 is 5.76 Å². The SMILES string of the molecule is CCOc1cccc(C(C)NC(=O)c2ccc(SC(F)F)cc2)c1. The number of hydrogen-bond donors (Lipinski definition) is 1. The molecular formula is C18H19F2NO2S. The summed E-state index contributed by atoms with van der Waals surface area (Å²) in [4.78, 5) is 12.7. The van der Waals surface area contributed by atoms with E-state index in [0.717, 1.165) is 11.3 Å². The summed E-state index contributed by atoms with van der Waals surface area (Å²) in [6.07, 6.45) is 0. The number of ether oxygens (including phenoxy) is 1. The second kappa shape index (κ2) is 8.68. The van der Waals surface area contributed by atoms with Gasteiger partial charge in [-0.1, -0.05) is 23.9 Å². The molecule has 0 aliphatic rings. The van der Waals surface area contributed by atoms with E-state index in [1.165, 1.54) is 12.1 Å². The quantitative estimate of drug-likeness (QED) is 0.722. The van der Waals surface area contributed by atoms with Gasteiger partial charge in [0, 0.05) is 10.5 Å². The number of hydrogen-bond acceptors (Lipinski definition) is 3. The molecule has 6 heteroatoms. The normalized spacial score (nSPS) is 12.0. The van der Waals surface area contributed by atoms with Gasteiger partial charge in [0.05, 0.1) is 12.6 Å². The smallest absolute Gasteiger partial charge is 0.288 e. The molecular weight excluding hydrogens is 332 g/mol. The minimum atomic E-state index is -2.47. The van der Waals surface area contributed by atoms with Gasteiger partial charge in [-0.2, -0.15) is 8.78 Å². The van der Waals surface area contributed by atoms with Crippen molar-refractivity contribution in [1.82, 2.24) is 5.32 Å². The maximum Gasteiger partial charge on any atom is 0.288 e. The zero-order valence-corrected chi connectivity index (χ0v) is 14.3. The molecule has 0 heterocycles. The van der Waals surface area contributed by atoms with Gasteiger partial charge in [-0.3, -0.25) is 4.79 Å². The summed E-state index contributed by atoms with van der Waals surface area (Å²) in [5.74, 6) is -1.97. The van der Waals surface area contributed by atoms with Crippen LogP contribution in [0.2, 0.25) is 0 Å². The lowest BCUT2D eigenvalue weighted by molar-refractivity contribution is 0.0939. The zero-order valence-electron chi connectivity index (χ0n) is 13.5. The predicted octanol–water partition coefficient (Wildman–Crippen LogP) is 4.89. The highest BCUT2D eigenvalue weighted by Gasteiger charge is 2.13. The first-order chi connectivity index (χ1) is 11.5. The Bertz CT molecular complexity index is 677. The van der Waals surface area contributed by atoms with Crippen LogP contribution in [0.3, 0.4) is 0 Å². The van der Waals surface area contributed by atoms with Crippen LogP contribution < -0.4 is 10.1 Å². The highest BCUT2D eigenvalue weighted by Crippen LogP contribution is 2.25. The predicted molar refractivity (Wildman–Crippen MR) is 91.8 cm³/mol. The molecule has 1 atom stereocenters. The van der Waals surface area contributed by atoms with Gasteiger partial charge in [0.25, 0.3) is 11.7 Å². The molecule has 0 radical (unpaired) electrons. The minimum Gasteiger partial charge on any atom is -0.494 e. The molecule has 3 nitrogen and oxygen atoms in total. The van der Waals surface area contributed by atoms with E-state index in [9.17, 15) is 13.6 Å². The summed E-state index contributed by atoms with van der Waals surface area (Å²) in [6.45, 7) is 4.37. The summed E-state index contributed by atoms with van der Waals surface area (Å²) in [5.41, 5.74) is 1.36. The average molecular weight is 351 g/mol. The number of thioether (sulfide) groups is 1. The molecule has 1 N–H and O–H groups in total. The van der Waals surface area contributed by atoms with E-state index in [2.05, 4.69) is 5.32 Å². The van der Waals surface area contributed by atoms with E-state index in [0.29, 0.717) is 28.8 Å². The van der Waals surface area contributed by atoms with E-state index >= 15 is 0 Å². The van der Waals surface area contributed by atoms with Crippen molar-refractivity contribution in [3.63, 3.8) is 0 Å². The van der Waals surface area contributed by atoms with Crippen molar-refractivity contribution in [1.29, 1.82) is 0 Å². The molecule has 2 aromatic rings. The van der Waals surface area contributed by atoms with Crippen molar-refractivity contribution < 1.29 is 18.3 Å². The third kappa shape index (κ3) is 5.23. The Hall–Kier alpha value is -2.08. The van der Waals surface area contributed by atoms with Gasteiger partial charge in [-0.05, 0) is 55.8 Å². The van der Waals surface area contributed by atoms with Crippen LogP contribution in [0, 0.1) is 0 Å². The lowest BCUT2D eigenvalue weighted by atomic mass is 10.1. The Morgan fingerprint density at radius 3 is 2.54 bits per heavy atom. The van der Waals surface area contributed by atoms with Gasteiger partial charge >= 0.3 is 0 Å². The summed E-state index contributed by atoms with van der Waals surface area (Å²) in [6, 6.07) is 13.5. The van der Waals surface area contributed by atoms with Crippen LogP contribution in [0.25, 0.3) is 0 Å². The van der Waals surface area contributed by atoms with E-state index in [4.69, 9.17) is 4.74 Å². The van der Waals surface area contributed by atoms with Crippen LogP contribution in [0.15, 0.2) is 53.4 Å². The van der Waals surface area contributed by atoms with Gasteiger partial charge in [-0.15, -0.1) is 0 Å². The second-order valence-corrected chi connectivity index (χ2v) is 6.17. The summed E-state index contributed by atoms with van der Waals surface area (Å²) < 4.78 is 30.1. The third-order valence-corrected chi connectivity index (χ3v) is 4.08. The Labute approximate surface area is 144 Å². The van der Waals surface area contributed by atoms with Crippen molar-refractivity contribution in [2.45, 2.75) is 30.5 Å². The number of carbonyl (C=O) groups is 1. The Morgan fingerprint density at radius 2 is 1.92 bits per heavy atom. The third-order valence-electron chi connectivity index (χ3n) is 3.36. The number of benzene rings is 2. The number of amides is 1. The first-order valence-corrected chi connectivity index (χ1v) is 8.46. The van der Waals surface area contributed by atoms with Gasteiger partial charge in [-0.25, -0.2) is 0 Å². The zero-order chi connectivity index (χ0) is 17.5. The fourth-order valence-corrected chi connectivity index (χ4v) is 2.69. The minimum absolute atomic E-state index is 0.201. The number of nitrogens with one attached hydrogen (secondary N) is 1. The average Bonchev–Trinajstić information content (AvgIpc) is 2.55. The summed E-state index contributed by atoms with van der Waals surface area (Å²) in [7, 11) is 0. The number of carbonyl (C=O) groups excluding carboxylic acids is 1. The fourth-order valence-electron chi connectivity index (χ4n) is 2.19. The monoisotopic (exact) mass is 351 g/mol. The first kappa shape index (κ1) is 18.3. The van der Waals surface area contributed by atoms with Crippen LogP contribution in [-0.4, -0.2) is 18.3 Å². The molecule has 2 rings (SSSR count). The Balaban J connectivity index is 2.01. The standard InChI is InChI=1S/C18H19F2NO2S/c1-3-23-15-6-4-5-14(11-15)12(2)21-17(22)13-7-9-16(10-8-13)24-18(19)20/h4-12,18H,3H2,1-2H3,(H,21,22). The maximum absolute atomic E-state index is 12.3. The van der Waals surface area contributed by atoms with E-state index in [1.54, 1.807) is 12.1 Å². The van der Waals surface area contributed by atoms with Crippen LogP contribution in [0.1, 0.15) is 35.8 Å². The van der Waals surface area contributed by atoms with Crippen molar-refractivity contribution >= 4 is 17.7 Å². The van der Waals surface area contributed by atoms with Crippen molar-refractivity contribution in [2.75, 3.05) is 6.61 Å². The fraction of sp³-hybridized carbons (Fsp3) is 0.278. The van der Waals surface area contributed by atoms with Gasteiger partial charge < -0.3 is 10.1 Å². The Morgan fingerprint density at radius 1 is 1.21 bits per heavy atom. The first-order valence-electron chi connectivity index (χ1n) is 7.58. The molecule has 0 spiro atoms. The lowest BCUT2D eigenvalue weighted by Crippen LogP contribution is -2.26. The molecule has 0 fully saturated rings. The van der Waals surface area contributed by atoms with E-state index in [-0.39, 0.29) is 11.9 Å². The molecule has 24 heavy (non-hydrogen) atoms. The topological polar surface area (TPSA) is 38.3 Å². The van der Waals surface area contributed by atoms with Crippen LogP contribution >= 0.6 is 11.8 Å². The van der Waals surface area contributed by atoms with Crippen LogP contribution in [0.4, 0.5) is 8.78 Å². The van der Waals surface area contributed by atoms with Crippen LogP contribution in [0.5, 0.6) is 5.75 Å². The number of halogens is 2. The molecule has 0 aliphatic heterocycles. The van der Waals surface area contributed by atoms with Crippen molar-refractivity contribution in [3.8, 4) is 5.75 Å². The highest BCUT2D eigenvalue weighted by molar-refractivity contribution is 7.99. The van der Waals surface area contributed by atoms with Crippen LogP contribution in [-0.2, 0) is 0 Å². The van der Waals surface area contributed by atoms with Gasteiger partial charge in [0.1, 0.15) is 5.75 Å². The Kier molecular flexibility index (Phi) is 6.61. The molecule has 1 unspecified atom stereocenters. The van der Waals surface area contributed by atoms with Gasteiger partial charge in [0.2, 0.25) is 0 Å². The maximum atomic E-state index is 12.3. The molecule has 0 bridgehead atoms. The molecule has 0 aromatic heterocycles. The largest absolute Gasteiger partial charge is 0.494 e. The summed E-state index contributed by atoms with van der Waals surface area (Å²) >= 11 is 0.457. The summed E-state index contributed by atoms with van der Waals surface area (Å²) in [5, 5.41) is 2.89. The molecule has 0 aliphatic carbocycles. The second-order valence-electron chi connectivity index (χ2n) is 5.10. The van der Waals surface area contributed by atoms with Crippen molar-refractivity contribution in [3.05, 3.63) is 59.7 Å². The molecule has 128 valence electrons. The highest BCUT2D eigenvalue weighted by atomic mass is 32.2. The van der Waals surface area contributed by atoms with Crippen molar-refractivity contribution in [2.24, 2.45) is 0 Å². The van der Waals surface area contributed by atoms with E-state index in [1.807, 2.05) is 38.1 Å². The molecule has 0 saturated carbocycles. The molecule has 2 aromatic carbocycles. The molecule has 1 amide bonds. The number of rotatable bonds is 7.